The van der Waals surface area contributed by atoms with Crippen molar-refractivity contribution in [3.63, 3.8) is 0 Å². The minimum absolute atomic E-state index is 0.422. The molecule has 1 N–H and O–H groups in total. The van der Waals surface area contributed by atoms with Crippen LogP contribution in [0.3, 0.4) is 0 Å². The third-order valence-electron chi connectivity index (χ3n) is 4.68. The highest BCUT2D eigenvalue weighted by Crippen LogP contribution is 2.19. The molecule has 0 fully saturated rings. The molecule has 3 aromatic carbocycles. The van der Waals surface area contributed by atoms with E-state index >= 15 is 0 Å². The molecule has 0 aliphatic rings. The van der Waals surface area contributed by atoms with Crippen LogP contribution in [0.1, 0.15) is 29.7 Å². The van der Waals surface area contributed by atoms with Crippen LogP contribution in [0.25, 0.3) is 6.08 Å². The van der Waals surface area contributed by atoms with Gasteiger partial charge >= 0.3 is 0 Å². The Hall–Kier alpha value is -3.37. The number of carbonyl (C=O) groups excluding carboxylic acids is 1. The molecule has 4 nitrogen and oxygen atoms in total. The number of hydrogen-bond acceptors (Lipinski definition) is 3. The fourth-order valence-electron chi connectivity index (χ4n) is 2.91. The fourth-order valence-corrected chi connectivity index (χ4v) is 2.91. The van der Waals surface area contributed by atoms with Gasteiger partial charge in [0.2, 0.25) is 0 Å². The van der Waals surface area contributed by atoms with E-state index in [1.54, 1.807) is 13.0 Å². The molecule has 29 heavy (non-hydrogen) atoms. The third-order valence-corrected chi connectivity index (χ3v) is 4.68. The summed E-state index contributed by atoms with van der Waals surface area (Å²) in [5, 5.41) is 10.9. The Bertz CT molecular complexity index is 921. The Kier molecular flexibility index (Phi) is 7.20. The van der Waals surface area contributed by atoms with Crippen molar-refractivity contribution in [2.45, 2.75) is 19.4 Å². The van der Waals surface area contributed by atoms with E-state index < -0.39 is 11.9 Å². The predicted octanol–water partition coefficient (Wildman–Crippen LogP) is 5.30. The monoisotopic (exact) mass is 387 g/mol. The lowest BCUT2D eigenvalue weighted by molar-refractivity contribution is -0.169. The molecule has 4 heteroatoms. The molecule has 0 aliphatic carbocycles. The summed E-state index contributed by atoms with van der Waals surface area (Å²) in [5.41, 5.74) is 2.96. The van der Waals surface area contributed by atoms with Gasteiger partial charge in [0.25, 0.3) is 5.91 Å². The number of rotatable bonds is 8. The molecule has 1 unspecified atom stereocenters. The van der Waals surface area contributed by atoms with E-state index in [1.807, 2.05) is 72.8 Å². The summed E-state index contributed by atoms with van der Waals surface area (Å²) < 4.78 is 5.77. The van der Waals surface area contributed by atoms with Gasteiger partial charge in [-0.25, -0.2) is 5.06 Å². The number of amides is 1. The highest BCUT2D eigenvalue weighted by atomic mass is 16.5. The molecule has 0 saturated carbocycles. The average Bonchev–Trinajstić information content (AvgIpc) is 2.78. The first-order valence-corrected chi connectivity index (χ1v) is 9.65. The van der Waals surface area contributed by atoms with Crippen molar-refractivity contribution in [1.29, 1.82) is 0 Å². The predicted molar refractivity (Wildman–Crippen MR) is 115 cm³/mol. The lowest BCUT2D eigenvalue weighted by atomic mass is 10.1. The quantitative estimate of drug-likeness (QED) is 0.324. The fraction of sp³-hybridized carbons (Fsp3) is 0.160. The molecule has 1 amide bonds. The molecule has 0 spiro atoms. The van der Waals surface area contributed by atoms with Crippen LogP contribution < -0.4 is 4.74 Å². The van der Waals surface area contributed by atoms with E-state index in [9.17, 15) is 10.0 Å². The molecule has 0 heterocycles. The second kappa shape index (κ2) is 10.2. The van der Waals surface area contributed by atoms with Crippen LogP contribution in [0.4, 0.5) is 0 Å². The van der Waals surface area contributed by atoms with Gasteiger partial charge in [0.05, 0.1) is 12.6 Å². The lowest BCUT2D eigenvalue weighted by Crippen LogP contribution is -2.28. The van der Waals surface area contributed by atoms with Crippen LogP contribution in [-0.4, -0.2) is 22.8 Å². The van der Waals surface area contributed by atoms with E-state index in [0.717, 1.165) is 28.4 Å². The van der Waals surface area contributed by atoms with Gasteiger partial charge in [0.1, 0.15) is 5.75 Å². The van der Waals surface area contributed by atoms with Gasteiger partial charge in [-0.15, -0.1) is 0 Å². The maximum atomic E-state index is 12.2. The van der Waals surface area contributed by atoms with E-state index in [0.29, 0.717) is 6.61 Å². The van der Waals surface area contributed by atoms with Crippen LogP contribution in [-0.2, 0) is 11.2 Å². The molecule has 3 aromatic rings. The first-order valence-electron chi connectivity index (χ1n) is 9.65. The average molecular weight is 387 g/mol. The van der Waals surface area contributed by atoms with Crippen molar-refractivity contribution in [1.82, 2.24) is 5.06 Å². The zero-order valence-corrected chi connectivity index (χ0v) is 16.4. The number of benzene rings is 3. The molecule has 0 radical (unpaired) electrons. The Labute approximate surface area is 171 Å². The first-order chi connectivity index (χ1) is 14.1. The maximum absolute atomic E-state index is 12.2. The molecule has 148 valence electrons. The Balaban J connectivity index is 1.50. The highest BCUT2D eigenvalue weighted by Gasteiger charge is 2.17. The summed E-state index contributed by atoms with van der Waals surface area (Å²) in [6.45, 7) is 2.39. The summed E-state index contributed by atoms with van der Waals surface area (Å²) in [7, 11) is 0. The number of carbonyl (C=O) groups is 1. The number of ether oxygens (including phenoxy) is 1. The zero-order valence-electron chi connectivity index (χ0n) is 16.4. The zero-order chi connectivity index (χ0) is 20.5. The molecule has 0 aliphatic heterocycles. The Morgan fingerprint density at radius 2 is 1.59 bits per heavy atom. The highest BCUT2D eigenvalue weighted by molar-refractivity contribution is 5.91. The molecule has 0 saturated heterocycles. The van der Waals surface area contributed by atoms with E-state index in [1.165, 1.54) is 11.6 Å². The minimum Gasteiger partial charge on any atom is -0.493 e. The van der Waals surface area contributed by atoms with Gasteiger partial charge in [-0.2, -0.15) is 0 Å². The van der Waals surface area contributed by atoms with Gasteiger partial charge in [0, 0.05) is 12.5 Å². The molecular formula is C25H25NO3. The van der Waals surface area contributed by atoms with Crippen molar-refractivity contribution >= 4 is 12.0 Å². The van der Waals surface area contributed by atoms with Gasteiger partial charge in [-0.3, -0.25) is 10.0 Å². The van der Waals surface area contributed by atoms with Crippen LogP contribution in [0.5, 0.6) is 5.75 Å². The van der Waals surface area contributed by atoms with E-state index in [4.69, 9.17) is 4.74 Å². The van der Waals surface area contributed by atoms with Gasteiger partial charge in [-0.1, -0.05) is 72.8 Å². The third kappa shape index (κ3) is 6.06. The summed E-state index contributed by atoms with van der Waals surface area (Å²) in [6, 6.07) is 26.7. The van der Waals surface area contributed by atoms with Crippen molar-refractivity contribution in [3.8, 4) is 5.75 Å². The minimum atomic E-state index is -0.468. The summed E-state index contributed by atoms with van der Waals surface area (Å²) in [6.07, 6.45) is 3.89. The normalized spacial score (nSPS) is 11.9. The summed E-state index contributed by atoms with van der Waals surface area (Å²) in [4.78, 5) is 12.2. The molecule has 1 atom stereocenters. The second-order valence-electron chi connectivity index (χ2n) is 6.76. The Morgan fingerprint density at radius 3 is 2.24 bits per heavy atom. The Morgan fingerprint density at radius 1 is 0.966 bits per heavy atom. The van der Waals surface area contributed by atoms with Gasteiger partial charge in [-0.05, 0) is 41.8 Å². The van der Waals surface area contributed by atoms with Crippen LogP contribution in [0, 0.1) is 0 Å². The molecule has 3 rings (SSSR count). The van der Waals surface area contributed by atoms with Gasteiger partial charge < -0.3 is 4.74 Å². The van der Waals surface area contributed by atoms with Crippen LogP contribution in [0.2, 0.25) is 0 Å². The van der Waals surface area contributed by atoms with Crippen LogP contribution >= 0.6 is 0 Å². The summed E-state index contributed by atoms with van der Waals surface area (Å²) in [5.74, 6) is 0.315. The SMILES string of the molecule is CC(c1ccccc1)N(O)C(=O)C=Cc1ccc(OCCc2ccccc2)cc1. The molecule has 0 aromatic heterocycles. The maximum Gasteiger partial charge on any atom is 0.270 e. The number of nitrogens with zero attached hydrogens (tertiary/aromatic N) is 1. The van der Waals surface area contributed by atoms with Gasteiger partial charge in [0.15, 0.2) is 0 Å². The molecular weight excluding hydrogens is 362 g/mol. The van der Waals surface area contributed by atoms with E-state index in [-0.39, 0.29) is 0 Å². The first kappa shape index (κ1) is 20.4. The standard InChI is InChI=1S/C25H25NO3/c1-20(23-10-6-3-7-11-23)26(28)25(27)17-14-22-12-15-24(16-13-22)29-19-18-21-8-4-2-5-9-21/h2-17,20,28H,18-19H2,1H3. The number of hydrogen-bond donors (Lipinski definition) is 1. The van der Waals surface area contributed by atoms with Crippen molar-refractivity contribution in [2.24, 2.45) is 0 Å². The topological polar surface area (TPSA) is 49.8 Å². The second-order valence-corrected chi connectivity index (χ2v) is 6.76. The van der Waals surface area contributed by atoms with Crippen molar-refractivity contribution < 1.29 is 14.7 Å². The van der Waals surface area contributed by atoms with Crippen LogP contribution in [0.15, 0.2) is 91.0 Å². The largest absolute Gasteiger partial charge is 0.493 e. The van der Waals surface area contributed by atoms with Crippen molar-refractivity contribution in [3.05, 3.63) is 108 Å². The lowest BCUT2D eigenvalue weighted by Gasteiger charge is -2.21. The number of hydroxylamine groups is 2. The van der Waals surface area contributed by atoms with E-state index in [2.05, 4.69) is 12.1 Å². The summed E-state index contributed by atoms with van der Waals surface area (Å²) >= 11 is 0. The van der Waals surface area contributed by atoms with Crippen molar-refractivity contribution in [2.75, 3.05) is 6.61 Å². The molecule has 0 bridgehead atoms. The smallest absolute Gasteiger partial charge is 0.270 e.